The van der Waals surface area contributed by atoms with Crippen molar-refractivity contribution in [1.29, 1.82) is 0 Å². The van der Waals surface area contributed by atoms with Gasteiger partial charge < -0.3 is 0 Å². The summed E-state index contributed by atoms with van der Waals surface area (Å²) < 4.78 is 0. The molecule has 0 amide bonds. The Labute approximate surface area is 145 Å². The van der Waals surface area contributed by atoms with E-state index in [1.54, 1.807) is 6.92 Å². The average molecular weight is 326 g/mol. The molecular weight excluding hydrogens is 296 g/mol. The zero-order valence-electron chi connectivity index (χ0n) is 15.4. The fourth-order valence-corrected chi connectivity index (χ4v) is 7.23. The minimum absolute atomic E-state index is 0.129. The second kappa shape index (κ2) is 5.16. The first-order valence-electron chi connectivity index (χ1n) is 9.71. The molecule has 0 radical (unpaired) electrons. The molecule has 0 saturated heterocycles. The van der Waals surface area contributed by atoms with Gasteiger partial charge in [0.2, 0.25) is 0 Å². The van der Waals surface area contributed by atoms with Gasteiger partial charge >= 0.3 is 0 Å². The summed E-state index contributed by atoms with van der Waals surface area (Å²) in [4.78, 5) is 24.2. The fourth-order valence-electron chi connectivity index (χ4n) is 7.23. The summed E-state index contributed by atoms with van der Waals surface area (Å²) in [5.74, 6) is 2.89. The molecule has 4 aliphatic carbocycles. The van der Waals surface area contributed by atoms with Crippen LogP contribution in [-0.4, -0.2) is 11.6 Å². The second-order valence-electron chi connectivity index (χ2n) is 9.41. The lowest BCUT2D eigenvalue weighted by molar-refractivity contribution is -0.128. The van der Waals surface area contributed by atoms with Crippen LogP contribution in [0.4, 0.5) is 0 Å². The lowest BCUT2D eigenvalue weighted by Gasteiger charge is -2.58. The highest BCUT2D eigenvalue weighted by Gasteiger charge is 2.60. The van der Waals surface area contributed by atoms with E-state index in [2.05, 4.69) is 20.4 Å². The Morgan fingerprint density at radius 1 is 1.17 bits per heavy atom. The van der Waals surface area contributed by atoms with Gasteiger partial charge in [-0.05, 0) is 85.7 Å². The Kier molecular flexibility index (Phi) is 3.50. The molecule has 4 aliphatic rings. The zero-order valence-corrected chi connectivity index (χ0v) is 15.4. The van der Waals surface area contributed by atoms with E-state index in [1.807, 2.05) is 6.08 Å². The lowest BCUT2D eigenvalue weighted by atomic mass is 9.46. The molecule has 0 bridgehead atoms. The summed E-state index contributed by atoms with van der Waals surface area (Å²) in [6, 6.07) is 0. The number of Topliss-reactive ketones (excluding diaryl/α,β-unsaturated/α-hetero) is 1. The van der Waals surface area contributed by atoms with Crippen LogP contribution in [0, 0.1) is 34.5 Å². The van der Waals surface area contributed by atoms with Crippen LogP contribution in [-0.2, 0) is 9.59 Å². The molecule has 4 rings (SSSR count). The minimum atomic E-state index is 0.129. The molecule has 0 aromatic heterocycles. The van der Waals surface area contributed by atoms with Gasteiger partial charge in [-0.1, -0.05) is 26.0 Å². The highest BCUT2D eigenvalue weighted by molar-refractivity contribution is 5.92. The van der Waals surface area contributed by atoms with Gasteiger partial charge in [-0.3, -0.25) is 9.59 Å². The SMILES string of the molecule is C=C1CC2C(CC[C@@]3(C)C2CC[C@@H]3C(C)=O)[C@@]2(C)CCC(=O)C=C12. The molecule has 0 aliphatic heterocycles. The maximum absolute atomic E-state index is 12.2. The van der Waals surface area contributed by atoms with Crippen LogP contribution in [0.1, 0.15) is 65.7 Å². The van der Waals surface area contributed by atoms with Gasteiger partial charge in [-0.25, -0.2) is 0 Å². The van der Waals surface area contributed by atoms with Gasteiger partial charge in [-0.15, -0.1) is 0 Å². The van der Waals surface area contributed by atoms with E-state index in [1.165, 1.54) is 30.4 Å². The van der Waals surface area contributed by atoms with Crippen LogP contribution in [0.25, 0.3) is 0 Å². The third-order valence-corrected chi connectivity index (χ3v) is 8.42. The first-order chi connectivity index (χ1) is 11.3. The monoisotopic (exact) mass is 326 g/mol. The number of allylic oxidation sites excluding steroid dienone is 2. The van der Waals surface area contributed by atoms with E-state index >= 15 is 0 Å². The Morgan fingerprint density at radius 2 is 1.92 bits per heavy atom. The Morgan fingerprint density at radius 3 is 2.62 bits per heavy atom. The first kappa shape index (κ1) is 16.3. The number of hydrogen-bond acceptors (Lipinski definition) is 2. The van der Waals surface area contributed by atoms with E-state index in [0.29, 0.717) is 30.0 Å². The molecule has 3 fully saturated rings. The summed E-state index contributed by atoms with van der Waals surface area (Å²) in [6.45, 7) is 10.9. The molecule has 6 atom stereocenters. The Bertz CT molecular complexity index is 657. The smallest absolute Gasteiger partial charge is 0.156 e. The lowest BCUT2D eigenvalue weighted by Crippen LogP contribution is -2.51. The molecular formula is C22H30O2. The molecule has 3 unspecified atom stereocenters. The van der Waals surface area contributed by atoms with E-state index in [9.17, 15) is 9.59 Å². The third-order valence-electron chi connectivity index (χ3n) is 8.42. The van der Waals surface area contributed by atoms with E-state index in [4.69, 9.17) is 0 Å². The van der Waals surface area contributed by atoms with Crippen molar-refractivity contribution < 1.29 is 9.59 Å². The van der Waals surface area contributed by atoms with Crippen LogP contribution in [0.15, 0.2) is 23.8 Å². The molecule has 24 heavy (non-hydrogen) atoms. The minimum Gasteiger partial charge on any atom is -0.300 e. The van der Waals surface area contributed by atoms with Gasteiger partial charge in [0.1, 0.15) is 5.78 Å². The number of fused-ring (bicyclic) bond motifs is 5. The topological polar surface area (TPSA) is 34.1 Å². The van der Waals surface area contributed by atoms with Gasteiger partial charge in [0, 0.05) is 12.3 Å². The van der Waals surface area contributed by atoms with Crippen molar-refractivity contribution in [1.82, 2.24) is 0 Å². The quantitative estimate of drug-likeness (QED) is 0.687. The van der Waals surface area contributed by atoms with Crippen LogP contribution in [0.5, 0.6) is 0 Å². The van der Waals surface area contributed by atoms with Crippen molar-refractivity contribution in [3.63, 3.8) is 0 Å². The first-order valence-corrected chi connectivity index (χ1v) is 9.71. The predicted molar refractivity (Wildman–Crippen MR) is 95.4 cm³/mol. The fraction of sp³-hybridized carbons (Fsp3) is 0.727. The van der Waals surface area contributed by atoms with Crippen LogP contribution < -0.4 is 0 Å². The average Bonchev–Trinajstić information content (AvgIpc) is 2.87. The molecule has 0 spiro atoms. The van der Waals surface area contributed by atoms with Gasteiger partial charge in [0.15, 0.2) is 5.78 Å². The number of ketones is 2. The molecule has 2 nitrogen and oxygen atoms in total. The van der Waals surface area contributed by atoms with Crippen molar-refractivity contribution in [3.05, 3.63) is 23.8 Å². The summed E-state index contributed by atoms with van der Waals surface area (Å²) in [5, 5.41) is 0. The Balaban J connectivity index is 1.72. The van der Waals surface area contributed by atoms with E-state index in [-0.39, 0.29) is 22.5 Å². The highest BCUT2D eigenvalue weighted by Crippen LogP contribution is 2.67. The maximum atomic E-state index is 12.2. The van der Waals surface area contributed by atoms with Crippen molar-refractivity contribution >= 4 is 11.6 Å². The Hall–Kier alpha value is -1.18. The summed E-state index contributed by atoms with van der Waals surface area (Å²) >= 11 is 0. The predicted octanol–water partition coefficient (Wildman–Crippen LogP) is 4.89. The van der Waals surface area contributed by atoms with Crippen LogP contribution >= 0.6 is 0 Å². The molecule has 2 heteroatoms. The number of hydrogen-bond donors (Lipinski definition) is 0. The van der Waals surface area contributed by atoms with Crippen molar-refractivity contribution in [3.8, 4) is 0 Å². The van der Waals surface area contributed by atoms with Crippen LogP contribution in [0.3, 0.4) is 0 Å². The van der Waals surface area contributed by atoms with E-state index < -0.39 is 0 Å². The third kappa shape index (κ3) is 2.01. The van der Waals surface area contributed by atoms with Gasteiger partial charge in [-0.2, -0.15) is 0 Å². The molecule has 130 valence electrons. The maximum Gasteiger partial charge on any atom is 0.156 e. The molecule has 0 heterocycles. The highest BCUT2D eigenvalue weighted by atomic mass is 16.1. The molecule has 3 saturated carbocycles. The van der Waals surface area contributed by atoms with E-state index in [0.717, 1.165) is 19.3 Å². The number of rotatable bonds is 1. The number of carbonyl (C=O) groups excluding carboxylic acids is 2. The summed E-state index contributed by atoms with van der Waals surface area (Å²) in [5.41, 5.74) is 2.77. The molecule has 0 N–H and O–H groups in total. The second-order valence-corrected chi connectivity index (χ2v) is 9.41. The standard InChI is InChI=1S/C22H30O2/c1-13-11-16-18-6-5-17(14(2)23)21(18,3)10-8-19(16)22(4)9-7-15(24)12-20(13)22/h12,16-19H,1,5-11H2,2-4H3/t16?,17-,18?,19?,21-,22-/m1/s1. The van der Waals surface area contributed by atoms with Crippen molar-refractivity contribution in [2.75, 3.05) is 0 Å². The summed E-state index contributed by atoms with van der Waals surface area (Å²) in [6.07, 6.45) is 9.26. The van der Waals surface area contributed by atoms with Gasteiger partial charge in [0.05, 0.1) is 0 Å². The zero-order chi connectivity index (χ0) is 17.3. The van der Waals surface area contributed by atoms with Crippen LogP contribution in [0.2, 0.25) is 0 Å². The largest absolute Gasteiger partial charge is 0.300 e. The summed E-state index contributed by atoms with van der Waals surface area (Å²) in [7, 11) is 0. The molecule has 0 aromatic rings. The number of carbonyl (C=O) groups is 2. The van der Waals surface area contributed by atoms with Crippen molar-refractivity contribution in [2.24, 2.45) is 34.5 Å². The molecule has 0 aromatic carbocycles. The van der Waals surface area contributed by atoms with Crippen molar-refractivity contribution in [2.45, 2.75) is 65.7 Å². The van der Waals surface area contributed by atoms with Gasteiger partial charge in [0.25, 0.3) is 0 Å². The normalized spacial score (nSPS) is 47.5.